The Hall–Kier alpha value is -3.61. The Bertz CT molecular complexity index is 853. The Morgan fingerprint density at radius 3 is 3.04 bits per heavy atom. The van der Waals surface area contributed by atoms with Gasteiger partial charge in [-0.15, -0.1) is 0 Å². The van der Waals surface area contributed by atoms with Gasteiger partial charge in [-0.25, -0.2) is 14.8 Å². The first kappa shape index (κ1) is 18.2. The summed E-state index contributed by atoms with van der Waals surface area (Å²) in [5, 5.41) is 9.41. The summed E-state index contributed by atoms with van der Waals surface area (Å²) in [6.45, 7) is 0.731. The molecule has 2 aliphatic rings. The summed E-state index contributed by atoms with van der Waals surface area (Å²) in [4.78, 5) is 21.3. The van der Waals surface area contributed by atoms with Crippen molar-refractivity contribution < 1.29 is 19.4 Å². The predicted molar refractivity (Wildman–Crippen MR) is 102 cm³/mol. The molecule has 0 saturated heterocycles. The normalized spacial score (nSPS) is 24.2. The predicted octanol–water partition coefficient (Wildman–Crippen LogP) is 2.77. The number of carbonyl (C=O) groups is 1. The Balaban J connectivity index is 1.88. The fourth-order valence-electron chi connectivity index (χ4n) is 2.51. The van der Waals surface area contributed by atoms with Gasteiger partial charge in [0, 0.05) is 24.2 Å². The largest absolute Gasteiger partial charge is 0.479 e. The number of aromatic nitrogens is 1. The lowest BCUT2D eigenvalue weighted by atomic mass is 10.2. The van der Waals surface area contributed by atoms with E-state index in [-0.39, 0.29) is 5.70 Å². The number of allylic oxidation sites excluding steroid dienone is 4. The summed E-state index contributed by atoms with van der Waals surface area (Å²) in [5.41, 5.74) is 0.934. The second-order valence-electron chi connectivity index (χ2n) is 5.62. The van der Waals surface area contributed by atoms with E-state index in [0.717, 1.165) is 5.56 Å². The third-order valence-electron chi connectivity index (χ3n) is 3.72. The van der Waals surface area contributed by atoms with Crippen molar-refractivity contribution in [2.45, 2.75) is 6.10 Å². The average molecular weight is 365 g/mol. The molecule has 0 spiro atoms. The monoisotopic (exact) mass is 365 g/mol. The first-order chi connectivity index (χ1) is 13.2. The van der Waals surface area contributed by atoms with Gasteiger partial charge in [0.05, 0.1) is 6.54 Å². The van der Waals surface area contributed by atoms with Gasteiger partial charge >= 0.3 is 5.97 Å². The molecule has 1 N–H and O–H groups in total. The molecule has 7 heteroatoms. The van der Waals surface area contributed by atoms with Crippen molar-refractivity contribution >= 4 is 18.4 Å². The van der Waals surface area contributed by atoms with Crippen molar-refractivity contribution in [1.29, 1.82) is 0 Å². The van der Waals surface area contributed by atoms with Crippen LogP contribution < -0.4 is 4.74 Å². The molecule has 0 aromatic carbocycles. The molecule has 0 amide bonds. The summed E-state index contributed by atoms with van der Waals surface area (Å²) >= 11 is 0. The van der Waals surface area contributed by atoms with Crippen LogP contribution in [0.1, 0.15) is 5.56 Å². The van der Waals surface area contributed by atoms with Gasteiger partial charge in [0.25, 0.3) is 0 Å². The highest BCUT2D eigenvalue weighted by molar-refractivity contribution is 5.86. The quantitative estimate of drug-likeness (QED) is 0.824. The molecule has 3 rings (SSSR count). The molecule has 0 radical (unpaired) electrons. The topological polar surface area (TPSA) is 84.2 Å². The SMILES string of the molecule is O=C(O)C1=CC2CN1/C=C/N=COC/C=C/C=C/C=C\c1cccnc1O2. The molecule has 1 aromatic heterocycles. The van der Waals surface area contributed by atoms with Gasteiger partial charge in [0.2, 0.25) is 5.88 Å². The van der Waals surface area contributed by atoms with Crippen molar-refractivity contribution in [1.82, 2.24) is 9.88 Å². The molecule has 2 aliphatic heterocycles. The van der Waals surface area contributed by atoms with Crippen molar-refractivity contribution in [3.05, 3.63) is 78.4 Å². The minimum atomic E-state index is -1.03. The van der Waals surface area contributed by atoms with E-state index in [1.54, 1.807) is 23.4 Å². The first-order valence-corrected chi connectivity index (χ1v) is 8.37. The molecule has 0 aliphatic carbocycles. The minimum Gasteiger partial charge on any atom is -0.479 e. The summed E-state index contributed by atoms with van der Waals surface area (Å²) in [7, 11) is 0. The number of carboxylic acid groups (broad SMARTS) is 1. The second-order valence-corrected chi connectivity index (χ2v) is 5.62. The van der Waals surface area contributed by atoms with Crippen LogP contribution in [0.4, 0.5) is 0 Å². The van der Waals surface area contributed by atoms with E-state index in [1.807, 2.05) is 48.6 Å². The van der Waals surface area contributed by atoms with E-state index >= 15 is 0 Å². The van der Waals surface area contributed by atoms with Gasteiger partial charge in [0.1, 0.15) is 18.4 Å². The van der Waals surface area contributed by atoms with Crippen LogP contribution in [0.5, 0.6) is 5.88 Å². The first-order valence-electron chi connectivity index (χ1n) is 8.37. The molecule has 3 heterocycles. The van der Waals surface area contributed by atoms with Crippen LogP contribution >= 0.6 is 0 Å². The van der Waals surface area contributed by atoms with Gasteiger partial charge in [-0.1, -0.05) is 24.3 Å². The number of hydrogen-bond donors (Lipinski definition) is 1. The number of rotatable bonds is 1. The average Bonchev–Trinajstić information content (AvgIpc) is 3.06. The van der Waals surface area contributed by atoms with E-state index in [9.17, 15) is 9.90 Å². The Labute approximate surface area is 157 Å². The summed E-state index contributed by atoms with van der Waals surface area (Å²) in [6, 6.07) is 3.71. The fourth-order valence-corrected chi connectivity index (χ4v) is 2.51. The number of nitrogens with zero attached hydrogens (tertiary/aromatic N) is 3. The van der Waals surface area contributed by atoms with Crippen LogP contribution in [0.2, 0.25) is 0 Å². The summed E-state index contributed by atoms with van der Waals surface area (Å²) < 4.78 is 11.1. The zero-order valence-electron chi connectivity index (χ0n) is 14.5. The van der Waals surface area contributed by atoms with Gasteiger partial charge in [0.15, 0.2) is 6.40 Å². The van der Waals surface area contributed by atoms with Gasteiger partial charge in [-0.05, 0) is 30.4 Å². The lowest BCUT2D eigenvalue weighted by Gasteiger charge is -2.17. The van der Waals surface area contributed by atoms with E-state index in [0.29, 0.717) is 19.0 Å². The number of pyridine rings is 1. The highest BCUT2D eigenvalue weighted by atomic mass is 16.5. The summed E-state index contributed by atoms with van der Waals surface area (Å²) in [6.07, 6.45) is 18.3. The molecule has 0 fully saturated rings. The van der Waals surface area contributed by atoms with Crippen LogP contribution in [0.15, 0.2) is 77.9 Å². The summed E-state index contributed by atoms with van der Waals surface area (Å²) in [5.74, 6) is -0.588. The molecule has 7 nitrogen and oxygen atoms in total. The number of aliphatic imine (C=N–C) groups is 1. The molecule has 138 valence electrons. The standard InChI is InChI=1S/C20H19N3O4/c24-20(25)18-13-17-14-23(18)11-10-21-15-26-12-5-3-1-2-4-7-16-8-6-9-22-19(16)27-17/h1-11,13,15,17H,12,14H2,(H,24,25)/b2-1+,5-3+,7-4-,11-10+,21-15?. The molecular formula is C20H19N3O4. The lowest BCUT2D eigenvalue weighted by Crippen LogP contribution is -2.25. The van der Waals surface area contributed by atoms with E-state index < -0.39 is 12.1 Å². The third kappa shape index (κ3) is 5.18. The lowest BCUT2D eigenvalue weighted by molar-refractivity contribution is -0.133. The number of fused-ring (bicyclic) bond motifs is 3. The third-order valence-corrected chi connectivity index (χ3v) is 3.72. The second kappa shape index (κ2) is 9.19. The van der Waals surface area contributed by atoms with Crippen LogP contribution in [0, 0.1) is 0 Å². The van der Waals surface area contributed by atoms with E-state index in [1.165, 1.54) is 12.6 Å². The number of aliphatic carboxylic acids is 1. The van der Waals surface area contributed by atoms with Crippen molar-refractivity contribution in [3.8, 4) is 5.88 Å². The van der Waals surface area contributed by atoms with Crippen LogP contribution in [0.3, 0.4) is 0 Å². The van der Waals surface area contributed by atoms with Gasteiger partial charge in [-0.3, -0.25) is 0 Å². The highest BCUT2D eigenvalue weighted by Crippen LogP contribution is 2.23. The Kier molecular flexibility index (Phi) is 6.19. The maximum Gasteiger partial charge on any atom is 0.352 e. The van der Waals surface area contributed by atoms with Crippen LogP contribution in [-0.4, -0.2) is 46.6 Å². The smallest absolute Gasteiger partial charge is 0.352 e. The number of ether oxygens (including phenoxy) is 2. The maximum absolute atomic E-state index is 11.5. The van der Waals surface area contributed by atoms with E-state index in [2.05, 4.69) is 9.98 Å². The zero-order valence-corrected chi connectivity index (χ0v) is 14.5. The molecular weight excluding hydrogens is 346 g/mol. The molecule has 1 unspecified atom stereocenters. The fraction of sp³-hybridized carbons (Fsp3) is 0.150. The van der Waals surface area contributed by atoms with Gasteiger partial charge in [-0.2, -0.15) is 0 Å². The van der Waals surface area contributed by atoms with Crippen LogP contribution in [-0.2, 0) is 9.53 Å². The zero-order chi connectivity index (χ0) is 18.9. The Morgan fingerprint density at radius 2 is 2.15 bits per heavy atom. The maximum atomic E-state index is 11.5. The Morgan fingerprint density at radius 1 is 1.26 bits per heavy atom. The van der Waals surface area contributed by atoms with E-state index in [4.69, 9.17) is 9.47 Å². The highest BCUT2D eigenvalue weighted by Gasteiger charge is 2.28. The van der Waals surface area contributed by atoms with Crippen molar-refractivity contribution in [3.63, 3.8) is 0 Å². The molecule has 27 heavy (non-hydrogen) atoms. The van der Waals surface area contributed by atoms with Crippen molar-refractivity contribution in [2.75, 3.05) is 13.2 Å². The number of carboxylic acids is 1. The van der Waals surface area contributed by atoms with Crippen molar-refractivity contribution in [2.24, 2.45) is 4.99 Å². The molecule has 1 aromatic rings. The minimum absolute atomic E-state index is 0.129. The number of hydrogen-bond acceptors (Lipinski definition) is 6. The van der Waals surface area contributed by atoms with Gasteiger partial charge < -0.3 is 19.5 Å². The molecule has 0 saturated carbocycles. The van der Waals surface area contributed by atoms with Crippen LogP contribution in [0.25, 0.3) is 6.08 Å². The molecule has 1 atom stereocenters. The molecule has 2 bridgehead atoms.